The molecule has 15 heteroatoms. The fourth-order valence-electron chi connectivity index (χ4n) is 5.77. The fourth-order valence-corrected chi connectivity index (χ4v) is 7.14. The summed E-state index contributed by atoms with van der Waals surface area (Å²) in [6, 6.07) is 1.15. The van der Waals surface area contributed by atoms with Crippen LogP contribution in [0.1, 0.15) is 57.8 Å². The summed E-state index contributed by atoms with van der Waals surface area (Å²) < 4.78 is 50.9. The highest BCUT2D eigenvalue weighted by Gasteiger charge is 2.62. The van der Waals surface area contributed by atoms with Crippen molar-refractivity contribution in [3.63, 3.8) is 0 Å². The van der Waals surface area contributed by atoms with E-state index in [2.05, 4.69) is 20.3 Å². The Hall–Kier alpha value is -3.75. The number of hydrogen-bond donors (Lipinski definition) is 3. The van der Waals surface area contributed by atoms with Crippen LogP contribution in [0.5, 0.6) is 5.75 Å². The number of carbonyl (C=O) groups excluding carboxylic acids is 4. The molecule has 2 aliphatic heterocycles. The molecule has 0 unspecified atom stereocenters. The van der Waals surface area contributed by atoms with Crippen LogP contribution in [0, 0.1) is 5.92 Å². The van der Waals surface area contributed by atoms with Gasteiger partial charge < -0.3 is 25.0 Å². The van der Waals surface area contributed by atoms with Crippen molar-refractivity contribution in [3.05, 3.63) is 36.7 Å². The lowest BCUT2D eigenvalue weighted by atomic mass is 10.1. The summed E-state index contributed by atoms with van der Waals surface area (Å²) in [4.78, 5) is 59.0. The first-order chi connectivity index (χ1) is 21.1. The second kappa shape index (κ2) is 13.5. The molecule has 44 heavy (non-hydrogen) atoms. The van der Waals surface area contributed by atoms with E-state index in [-0.39, 0.29) is 25.8 Å². The van der Waals surface area contributed by atoms with E-state index in [9.17, 15) is 32.0 Å². The molecule has 0 spiro atoms. The number of nitrogens with one attached hydrogen (secondary N) is 3. The summed E-state index contributed by atoms with van der Waals surface area (Å²) in [6.45, 7) is -1.33. The number of hydrogen-bond acceptors (Lipinski definition) is 9. The van der Waals surface area contributed by atoms with Gasteiger partial charge in [-0.2, -0.15) is 0 Å². The third kappa shape index (κ3) is 7.48. The topological polar surface area (TPSA) is 173 Å². The monoisotopic (exact) mass is 635 g/mol. The van der Waals surface area contributed by atoms with Crippen molar-refractivity contribution in [2.24, 2.45) is 5.92 Å². The Labute approximate surface area is 255 Å². The molecule has 2 saturated carbocycles. The Balaban J connectivity index is 1.41. The van der Waals surface area contributed by atoms with Gasteiger partial charge in [0, 0.05) is 24.7 Å². The van der Waals surface area contributed by atoms with Crippen molar-refractivity contribution < 1.29 is 41.5 Å². The normalized spacial score (nSPS) is 30.0. The maximum atomic E-state index is 14.0. The third-order valence-electron chi connectivity index (χ3n) is 8.40. The zero-order valence-electron chi connectivity index (χ0n) is 24.3. The molecule has 5 rings (SSSR count). The predicted molar refractivity (Wildman–Crippen MR) is 154 cm³/mol. The van der Waals surface area contributed by atoms with Crippen LogP contribution in [0.3, 0.4) is 0 Å². The lowest BCUT2D eigenvalue weighted by molar-refractivity contribution is -0.141. The Morgan fingerprint density at radius 2 is 1.91 bits per heavy atom. The van der Waals surface area contributed by atoms with Crippen molar-refractivity contribution in [2.45, 2.75) is 86.8 Å². The van der Waals surface area contributed by atoms with Gasteiger partial charge in [-0.05, 0) is 50.7 Å². The molecule has 0 bridgehead atoms. The number of carbonyl (C=O) groups is 4. The van der Waals surface area contributed by atoms with Gasteiger partial charge in [-0.25, -0.2) is 17.6 Å². The van der Waals surface area contributed by atoms with Crippen LogP contribution in [-0.2, 0) is 29.1 Å². The SMILES string of the molecule is O=C(N[C@H]1CCCCC/C=C/[C@@H]2C[C@@]2(C(=O)NS(=O)(=O)C2CC2)NC(=O)[C@@H]2C[C@@H](Oc3ccncc3)CN2C1=O)OCCF. The molecule has 13 nitrogen and oxygen atoms in total. The van der Waals surface area contributed by atoms with E-state index >= 15 is 0 Å². The molecule has 0 radical (unpaired) electrons. The van der Waals surface area contributed by atoms with Crippen molar-refractivity contribution in [2.75, 3.05) is 19.8 Å². The molecule has 4 amide bonds. The average molecular weight is 636 g/mol. The number of aromatic nitrogens is 1. The minimum Gasteiger partial charge on any atom is -0.488 e. The molecule has 3 fully saturated rings. The van der Waals surface area contributed by atoms with Crippen molar-refractivity contribution in [3.8, 4) is 5.75 Å². The number of ether oxygens (including phenoxy) is 2. The summed E-state index contributed by atoms with van der Waals surface area (Å²) in [5, 5.41) is 4.71. The van der Waals surface area contributed by atoms with Crippen LogP contribution >= 0.6 is 0 Å². The molecular formula is C29H38FN5O8S. The van der Waals surface area contributed by atoms with E-state index in [1.807, 2.05) is 12.2 Å². The Morgan fingerprint density at radius 1 is 1.14 bits per heavy atom. The minimum absolute atomic E-state index is 0.00946. The largest absolute Gasteiger partial charge is 0.488 e. The van der Waals surface area contributed by atoms with E-state index in [1.54, 1.807) is 24.5 Å². The summed E-state index contributed by atoms with van der Waals surface area (Å²) >= 11 is 0. The number of nitrogens with zero attached hydrogens (tertiary/aromatic N) is 2. The summed E-state index contributed by atoms with van der Waals surface area (Å²) in [6.07, 6.45) is 9.56. The zero-order chi connectivity index (χ0) is 31.3. The van der Waals surface area contributed by atoms with Crippen molar-refractivity contribution in [1.82, 2.24) is 25.2 Å². The van der Waals surface area contributed by atoms with Gasteiger partial charge in [0.25, 0.3) is 5.91 Å². The Kier molecular flexibility index (Phi) is 9.71. The lowest BCUT2D eigenvalue weighted by Crippen LogP contribution is -2.58. The molecule has 4 aliphatic rings. The maximum Gasteiger partial charge on any atom is 0.407 e. The van der Waals surface area contributed by atoms with Gasteiger partial charge in [-0.3, -0.25) is 24.1 Å². The number of allylic oxidation sites excluding steroid dienone is 1. The number of rotatable bonds is 8. The lowest BCUT2D eigenvalue weighted by Gasteiger charge is -2.29. The molecular weight excluding hydrogens is 597 g/mol. The van der Waals surface area contributed by atoms with Crippen LogP contribution in [0.4, 0.5) is 9.18 Å². The van der Waals surface area contributed by atoms with Gasteiger partial charge in [-0.1, -0.05) is 25.0 Å². The summed E-state index contributed by atoms with van der Waals surface area (Å²) in [5.74, 6) is -1.91. The molecule has 240 valence electrons. The minimum atomic E-state index is -3.87. The molecule has 5 atom stereocenters. The Morgan fingerprint density at radius 3 is 2.64 bits per heavy atom. The summed E-state index contributed by atoms with van der Waals surface area (Å²) in [7, 11) is -3.87. The standard InChI is InChI=1S/C29H38FN5O8S/c30-12-15-42-28(39)32-23-7-5-3-1-2-4-6-19-17-29(19,27(38)34-44(40,41)22-8-9-22)33-25(36)24-16-21(18-35(24)26(23)37)43-20-10-13-31-14-11-20/h4,6,10-11,13-14,19,21-24H,1-3,5,7-9,12,15-18H2,(H,32,39)(H,33,36)(H,34,38)/b6-4+/t19-,21-,23+,24+,29-/m1/s1. The van der Waals surface area contributed by atoms with Crippen LogP contribution in [-0.4, -0.2) is 90.9 Å². The zero-order valence-corrected chi connectivity index (χ0v) is 25.1. The fraction of sp³-hybridized carbons (Fsp3) is 0.621. The highest BCUT2D eigenvalue weighted by Crippen LogP contribution is 2.46. The van der Waals surface area contributed by atoms with Gasteiger partial charge in [-0.15, -0.1) is 0 Å². The quantitative estimate of drug-likeness (QED) is 0.358. The maximum absolute atomic E-state index is 14.0. The van der Waals surface area contributed by atoms with Gasteiger partial charge in [0.1, 0.15) is 42.8 Å². The molecule has 1 aromatic heterocycles. The number of fused-ring (bicyclic) bond motifs is 2. The molecule has 0 aromatic carbocycles. The molecule has 2 aliphatic carbocycles. The number of sulfonamides is 1. The van der Waals surface area contributed by atoms with E-state index in [4.69, 9.17) is 9.47 Å². The second-order valence-corrected chi connectivity index (χ2v) is 13.7. The van der Waals surface area contributed by atoms with Crippen LogP contribution < -0.4 is 20.1 Å². The number of alkyl carbamates (subject to hydrolysis) is 1. The highest BCUT2D eigenvalue weighted by molar-refractivity contribution is 7.91. The van der Waals surface area contributed by atoms with E-state index in [1.165, 1.54) is 4.90 Å². The van der Waals surface area contributed by atoms with Gasteiger partial charge in [0.15, 0.2) is 0 Å². The first-order valence-electron chi connectivity index (χ1n) is 15.0. The number of halogens is 1. The summed E-state index contributed by atoms with van der Waals surface area (Å²) in [5.41, 5.74) is -1.48. The van der Waals surface area contributed by atoms with Crippen LogP contribution in [0.25, 0.3) is 0 Å². The number of amides is 4. The first-order valence-corrected chi connectivity index (χ1v) is 16.6. The molecule has 3 heterocycles. The van der Waals surface area contributed by atoms with E-state index in [0.29, 0.717) is 31.4 Å². The molecule has 3 N–H and O–H groups in total. The van der Waals surface area contributed by atoms with Gasteiger partial charge >= 0.3 is 6.09 Å². The van der Waals surface area contributed by atoms with E-state index < -0.39 is 82.0 Å². The number of alkyl halides is 1. The van der Waals surface area contributed by atoms with Gasteiger partial charge in [0.2, 0.25) is 21.8 Å². The Bertz CT molecular complexity index is 1370. The highest BCUT2D eigenvalue weighted by atomic mass is 32.2. The van der Waals surface area contributed by atoms with Crippen LogP contribution in [0.15, 0.2) is 36.7 Å². The second-order valence-electron chi connectivity index (χ2n) is 11.7. The van der Waals surface area contributed by atoms with Gasteiger partial charge in [0.05, 0.1) is 11.8 Å². The van der Waals surface area contributed by atoms with Crippen LogP contribution in [0.2, 0.25) is 0 Å². The third-order valence-corrected chi connectivity index (χ3v) is 10.2. The smallest absolute Gasteiger partial charge is 0.407 e. The number of pyridine rings is 1. The molecule has 1 aromatic rings. The molecule has 1 saturated heterocycles. The first kappa shape index (κ1) is 31.7. The predicted octanol–water partition coefficient (Wildman–Crippen LogP) is 1.50. The van der Waals surface area contributed by atoms with Crippen molar-refractivity contribution in [1.29, 1.82) is 0 Å². The van der Waals surface area contributed by atoms with E-state index in [0.717, 1.165) is 12.8 Å². The van der Waals surface area contributed by atoms with Crippen molar-refractivity contribution >= 4 is 33.8 Å². The average Bonchev–Trinajstić information content (AvgIpc) is 3.92.